The molecule has 0 atom stereocenters. The van der Waals surface area contributed by atoms with Crippen LogP contribution in [0, 0.1) is 11.6 Å². The summed E-state index contributed by atoms with van der Waals surface area (Å²) in [5.41, 5.74) is 0.500. The van der Waals surface area contributed by atoms with E-state index < -0.39 is 11.6 Å². The summed E-state index contributed by atoms with van der Waals surface area (Å²) in [7, 11) is 0. The number of hydrogen-bond acceptors (Lipinski definition) is 1. The van der Waals surface area contributed by atoms with Crippen molar-refractivity contribution in [2.45, 2.75) is 6.54 Å². The van der Waals surface area contributed by atoms with E-state index >= 15 is 0 Å². The van der Waals surface area contributed by atoms with Crippen molar-refractivity contribution in [2.24, 2.45) is 0 Å². The highest BCUT2D eigenvalue weighted by Gasteiger charge is 2.09. The maximum Gasteiger partial charge on any atom is 0.164 e. The fourth-order valence-corrected chi connectivity index (χ4v) is 1.93. The number of rotatable bonds is 3. The van der Waals surface area contributed by atoms with E-state index in [0.717, 1.165) is 0 Å². The van der Waals surface area contributed by atoms with Crippen LogP contribution in [0.25, 0.3) is 0 Å². The van der Waals surface area contributed by atoms with Gasteiger partial charge in [0.25, 0.3) is 0 Å². The number of hydrogen-bond donors (Lipinski definition) is 1. The van der Waals surface area contributed by atoms with Gasteiger partial charge in [0, 0.05) is 17.1 Å². The van der Waals surface area contributed by atoms with Crippen molar-refractivity contribution in [1.29, 1.82) is 0 Å². The first-order valence-electron chi connectivity index (χ1n) is 5.20. The lowest BCUT2D eigenvalue weighted by molar-refractivity contribution is 0.610. The summed E-state index contributed by atoms with van der Waals surface area (Å²) in [5.74, 6) is -0.996. The summed E-state index contributed by atoms with van der Waals surface area (Å²) >= 11 is 11.5. The molecule has 0 radical (unpaired) electrons. The standard InChI is InChI=1S/C13H9Cl2F2N/c14-9-3-1-5-11(16)8(9)7-18-12-6-2-4-10(15)13(12)17/h1-6,18H,7H2. The number of halogens is 4. The molecular formula is C13H9Cl2F2N. The van der Waals surface area contributed by atoms with Gasteiger partial charge in [0.2, 0.25) is 0 Å². The van der Waals surface area contributed by atoms with Gasteiger partial charge in [-0.25, -0.2) is 8.78 Å². The van der Waals surface area contributed by atoms with Gasteiger partial charge in [-0.2, -0.15) is 0 Å². The van der Waals surface area contributed by atoms with Gasteiger partial charge >= 0.3 is 0 Å². The highest BCUT2D eigenvalue weighted by atomic mass is 35.5. The smallest absolute Gasteiger partial charge is 0.164 e. The molecule has 0 spiro atoms. The first kappa shape index (κ1) is 13.1. The molecule has 1 nitrogen and oxygen atoms in total. The first-order valence-corrected chi connectivity index (χ1v) is 5.96. The predicted octanol–water partition coefficient (Wildman–Crippen LogP) is 4.88. The Morgan fingerprint density at radius 3 is 2.33 bits per heavy atom. The van der Waals surface area contributed by atoms with Crippen LogP contribution in [0.2, 0.25) is 10.0 Å². The summed E-state index contributed by atoms with van der Waals surface area (Å²) in [6.07, 6.45) is 0. The van der Waals surface area contributed by atoms with E-state index in [9.17, 15) is 8.78 Å². The van der Waals surface area contributed by atoms with Crippen LogP contribution in [-0.2, 0) is 6.54 Å². The van der Waals surface area contributed by atoms with E-state index in [-0.39, 0.29) is 17.3 Å². The molecule has 1 N–H and O–H groups in total. The van der Waals surface area contributed by atoms with E-state index in [2.05, 4.69) is 5.32 Å². The fraction of sp³-hybridized carbons (Fsp3) is 0.0769. The van der Waals surface area contributed by atoms with E-state index in [1.165, 1.54) is 24.3 Å². The molecule has 0 aliphatic rings. The Hall–Kier alpha value is -1.32. The molecule has 0 unspecified atom stereocenters. The third-order valence-electron chi connectivity index (χ3n) is 2.47. The maximum atomic E-state index is 13.6. The predicted molar refractivity (Wildman–Crippen MR) is 70.1 cm³/mol. The summed E-state index contributed by atoms with van der Waals surface area (Å²) in [6, 6.07) is 8.97. The molecule has 0 saturated carbocycles. The minimum Gasteiger partial charge on any atom is -0.378 e. The maximum absolute atomic E-state index is 13.6. The molecule has 94 valence electrons. The van der Waals surface area contributed by atoms with Crippen LogP contribution in [0.5, 0.6) is 0 Å². The van der Waals surface area contributed by atoms with Gasteiger partial charge in [0.05, 0.1) is 10.7 Å². The zero-order valence-electron chi connectivity index (χ0n) is 9.18. The SMILES string of the molecule is Fc1cccc(Cl)c1CNc1cccc(Cl)c1F. The molecule has 0 aliphatic heterocycles. The Kier molecular flexibility index (Phi) is 4.04. The van der Waals surface area contributed by atoms with E-state index in [1.54, 1.807) is 12.1 Å². The third-order valence-corrected chi connectivity index (χ3v) is 3.11. The normalized spacial score (nSPS) is 10.4. The van der Waals surface area contributed by atoms with Crippen molar-refractivity contribution in [3.63, 3.8) is 0 Å². The molecule has 0 aromatic heterocycles. The summed E-state index contributed by atoms with van der Waals surface area (Å²) in [5, 5.41) is 3.08. The van der Waals surface area contributed by atoms with Gasteiger partial charge in [0.15, 0.2) is 5.82 Å². The fourth-order valence-electron chi connectivity index (χ4n) is 1.53. The lowest BCUT2D eigenvalue weighted by Crippen LogP contribution is -2.04. The van der Waals surface area contributed by atoms with Crippen LogP contribution in [0.15, 0.2) is 36.4 Å². The third kappa shape index (κ3) is 2.74. The number of nitrogens with one attached hydrogen (secondary N) is 1. The number of benzene rings is 2. The highest BCUT2D eigenvalue weighted by molar-refractivity contribution is 6.31. The summed E-state index contributed by atoms with van der Waals surface area (Å²) < 4.78 is 27.1. The van der Waals surface area contributed by atoms with Crippen LogP contribution in [0.1, 0.15) is 5.56 Å². The molecule has 2 aromatic rings. The van der Waals surface area contributed by atoms with E-state index in [1.807, 2.05) is 0 Å². The lowest BCUT2D eigenvalue weighted by atomic mass is 10.2. The van der Waals surface area contributed by atoms with Crippen LogP contribution >= 0.6 is 23.2 Å². The molecule has 5 heteroatoms. The molecule has 18 heavy (non-hydrogen) atoms. The van der Waals surface area contributed by atoms with Crippen molar-refractivity contribution in [2.75, 3.05) is 5.32 Å². The van der Waals surface area contributed by atoms with Crippen LogP contribution in [-0.4, -0.2) is 0 Å². The highest BCUT2D eigenvalue weighted by Crippen LogP contribution is 2.24. The second kappa shape index (κ2) is 5.55. The molecule has 0 fully saturated rings. The molecular weight excluding hydrogens is 279 g/mol. The molecule has 0 saturated heterocycles. The van der Waals surface area contributed by atoms with Gasteiger partial charge in [-0.05, 0) is 24.3 Å². The van der Waals surface area contributed by atoms with Gasteiger partial charge in [0.1, 0.15) is 5.82 Å². The minimum atomic E-state index is -0.563. The molecule has 2 aromatic carbocycles. The van der Waals surface area contributed by atoms with Crippen molar-refractivity contribution in [3.8, 4) is 0 Å². The Bertz CT molecular complexity index is 553. The minimum absolute atomic E-state index is 0.0135. The molecule has 0 aliphatic carbocycles. The van der Waals surface area contributed by atoms with Crippen molar-refractivity contribution < 1.29 is 8.78 Å². The monoisotopic (exact) mass is 287 g/mol. The van der Waals surface area contributed by atoms with E-state index in [0.29, 0.717) is 10.6 Å². The Labute approximate surface area is 113 Å². The van der Waals surface area contributed by atoms with Crippen molar-refractivity contribution >= 4 is 28.9 Å². The Balaban J connectivity index is 2.19. The molecule has 0 heterocycles. The summed E-state index contributed by atoms with van der Waals surface area (Å²) in [6.45, 7) is 0.0861. The molecule has 0 bridgehead atoms. The average Bonchev–Trinajstić information content (AvgIpc) is 2.33. The molecule has 2 rings (SSSR count). The van der Waals surface area contributed by atoms with Crippen molar-refractivity contribution in [3.05, 3.63) is 63.6 Å². The van der Waals surface area contributed by atoms with Crippen LogP contribution in [0.4, 0.5) is 14.5 Å². The Morgan fingerprint density at radius 1 is 0.944 bits per heavy atom. The average molecular weight is 288 g/mol. The number of anilines is 1. The summed E-state index contributed by atoms with van der Waals surface area (Å²) in [4.78, 5) is 0. The van der Waals surface area contributed by atoms with Crippen molar-refractivity contribution in [1.82, 2.24) is 0 Å². The van der Waals surface area contributed by atoms with Gasteiger partial charge < -0.3 is 5.32 Å². The Morgan fingerprint density at radius 2 is 1.61 bits per heavy atom. The van der Waals surface area contributed by atoms with Gasteiger partial charge in [-0.1, -0.05) is 35.3 Å². The van der Waals surface area contributed by atoms with Crippen LogP contribution in [0.3, 0.4) is 0 Å². The quantitative estimate of drug-likeness (QED) is 0.848. The van der Waals surface area contributed by atoms with E-state index in [4.69, 9.17) is 23.2 Å². The lowest BCUT2D eigenvalue weighted by Gasteiger charge is -2.10. The van der Waals surface area contributed by atoms with Gasteiger partial charge in [-0.3, -0.25) is 0 Å². The molecule has 0 amide bonds. The van der Waals surface area contributed by atoms with Crippen LogP contribution < -0.4 is 5.32 Å². The largest absolute Gasteiger partial charge is 0.378 e. The zero-order chi connectivity index (χ0) is 13.1. The first-order chi connectivity index (χ1) is 8.59. The second-order valence-corrected chi connectivity index (χ2v) is 4.47. The zero-order valence-corrected chi connectivity index (χ0v) is 10.7. The second-order valence-electron chi connectivity index (χ2n) is 3.66. The topological polar surface area (TPSA) is 12.0 Å². The van der Waals surface area contributed by atoms with Gasteiger partial charge in [-0.15, -0.1) is 0 Å².